The molecule has 0 heterocycles. The minimum atomic E-state index is -0.964. The molecule has 3 rings (SSSR count). The van der Waals surface area contributed by atoms with E-state index >= 15 is 0 Å². The molecule has 0 aromatic heterocycles. The van der Waals surface area contributed by atoms with Crippen LogP contribution in [0.5, 0.6) is 0 Å². The number of carbonyl (C=O) groups is 3. The first-order chi connectivity index (χ1) is 15.3. The average Bonchev–Trinajstić information content (AvgIpc) is 3.05. The van der Waals surface area contributed by atoms with Crippen LogP contribution in [0, 0.1) is 5.92 Å². The Morgan fingerprint density at radius 2 is 1.47 bits per heavy atom. The van der Waals surface area contributed by atoms with Crippen molar-refractivity contribution in [2.75, 3.05) is 6.61 Å². The number of carbonyl (C=O) groups excluding carboxylic acids is 2. The van der Waals surface area contributed by atoms with E-state index in [0.29, 0.717) is 0 Å². The molecule has 32 heavy (non-hydrogen) atoms. The second-order valence-corrected chi connectivity index (χ2v) is 8.59. The van der Waals surface area contributed by atoms with Crippen molar-refractivity contribution in [2.24, 2.45) is 5.92 Å². The molecule has 0 fully saturated rings. The molecule has 7 nitrogen and oxygen atoms in total. The third-order valence-corrected chi connectivity index (χ3v) is 5.75. The minimum absolute atomic E-state index is 0.0135. The fourth-order valence-electron chi connectivity index (χ4n) is 4.08. The van der Waals surface area contributed by atoms with Crippen molar-refractivity contribution in [1.29, 1.82) is 0 Å². The summed E-state index contributed by atoms with van der Waals surface area (Å²) in [7, 11) is 0. The molecule has 0 saturated heterocycles. The van der Waals surface area contributed by atoms with Crippen molar-refractivity contribution in [3.8, 4) is 11.1 Å². The van der Waals surface area contributed by atoms with E-state index in [0.717, 1.165) is 22.3 Å². The Bertz CT molecular complexity index is 942. The van der Waals surface area contributed by atoms with Crippen LogP contribution in [0.3, 0.4) is 0 Å². The first-order valence-electron chi connectivity index (χ1n) is 10.9. The summed E-state index contributed by atoms with van der Waals surface area (Å²) in [5.74, 6) is -1.32. The largest absolute Gasteiger partial charge is 0.481 e. The first kappa shape index (κ1) is 23.3. The maximum atomic E-state index is 12.3. The maximum absolute atomic E-state index is 12.3. The summed E-state index contributed by atoms with van der Waals surface area (Å²) < 4.78 is 5.50. The monoisotopic (exact) mass is 438 g/mol. The Balaban J connectivity index is 1.52. The number of amides is 2. The average molecular weight is 439 g/mol. The minimum Gasteiger partial charge on any atom is -0.481 e. The van der Waals surface area contributed by atoms with E-state index in [9.17, 15) is 14.4 Å². The van der Waals surface area contributed by atoms with Gasteiger partial charge in [0, 0.05) is 24.4 Å². The number of alkyl carbamates (subject to hydrolysis) is 1. The van der Waals surface area contributed by atoms with Gasteiger partial charge >= 0.3 is 12.1 Å². The summed E-state index contributed by atoms with van der Waals surface area (Å²) in [5.41, 5.74) is 4.57. The topological polar surface area (TPSA) is 105 Å². The number of ether oxygens (including phenoxy) is 1. The molecule has 2 aromatic carbocycles. The number of fused-ring (bicyclic) bond motifs is 3. The number of benzene rings is 2. The van der Waals surface area contributed by atoms with E-state index in [2.05, 4.69) is 34.9 Å². The van der Waals surface area contributed by atoms with Crippen LogP contribution in [-0.4, -0.2) is 41.8 Å². The lowest BCUT2D eigenvalue weighted by atomic mass is 9.98. The van der Waals surface area contributed by atoms with Gasteiger partial charge in [-0.1, -0.05) is 62.4 Å². The van der Waals surface area contributed by atoms with Gasteiger partial charge in [0.1, 0.15) is 6.61 Å². The third-order valence-electron chi connectivity index (χ3n) is 5.75. The summed E-state index contributed by atoms with van der Waals surface area (Å²) >= 11 is 0. The zero-order valence-corrected chi connectivity index (χ0v) is 18.6. The lowest BCUT2D eigenvalue weighted by Gasteiger charge is -2.22. The van der Waals surface area contributed by atoms with Crippen molar-refractivity contribution in [2.45, 2.75) is 51.6 Å². The molecule has 3 N–H and O–H groups in total. The van der Waals surface area contributed by atoms with Crippen LogP contribution >= 0.6 is 0 Å². The summed E-state index contributed by atoms with van der Waals surface area (Å²) in [6.45, 7) is 5.62. The molecule has 2 unspecified atom stereocenters. The molecular weight excluding hydrogens is 408 g/mol. The molecule has 170 valence electrons. The maximum Gasteiger partial charge on any atom is 0.407 e. The molecule has 0 aliphatic heterocycles. The summed E-state index contributed by atoms with van der Waals surface area (Å²) in [4.78, 5) is 35.6. The highest BCUT2D eigenvalue weighted by Crippen LogP contribution is 2.44. The second-order valence-electron chi connectivity index (χ2n) is 8.59. The van der Waals surface area contributed by atoms with Gasteiger partial charge in [-0.2, -0.15) is 0 Å². The highest BCUT2D eigenvalue weighted by molar-refractivity contribution is 5.80. The molecule has 7 heteroatoms. The van der Waals surface area contributed by atoms with Gasteiger partial charge < -0.3 is 20.5 Å². The Hall–Kier alpha value is -3.35. The van der Waals surface area contributed by atoms with Crippen LogP contribution in [0.4, 0.5) is 4.79 Å². The lowest BCUT2D eigenvalue weighted by Crippen LogP contribution is -2.43. The van der Waals surface area contributed by atoms with E-state index in [-0.39, 0.29) is 37.2 Å². The SMILES string of the molecule is CC(CC(=O)NC(CC(=O)O)C(C)C)NC(=O)OCC1c2ccccc2-c2ccccc21. The summed E-state index contributed by atoms with van der Waals surface area (Å²) in [6, 6.07) is 15.3. The van der Waals surface area contributed by atoms with Gasteiger partial charge in [0.05, 0.1) is 6.42 Å². The molecule has 1 aliphatic carbocycles. The van der Waals surface area contributed by atoms with Gasteiger partial charge in [0.25, 0.3) is 0 Å². The van der Waals surface area contributed by atoms with Crippen LogP contribution in [-0.2, 0) is 14.3 Å². The van der Waals surface area contributed by atoms with E-state index < -0.39 is 24.1 Å². The van der Waals surface area contributed by atoms with Crippen molar-refractivity contribution in [1.82, 2.24) is 10.6 Å². The highest BCUT2D eigenvalue weighted by atomic mass is 16.5. The van der Waals surface area contributed by atoms with E-state index in [1.165, 1.54) is 0 Å². The highest BCUT2D eigenvalue weighted by Gasteiger charge is 2.29. The third kappa shape index (κ3) is 5.66. The number of carboxylic acids is 1. The normalized spacial score (nSPS) is 14.2. The zero-order valence-electron chi connectivity index (χ0n) is 18.6. The Morgan fingerprint density at radius 3 is 2.00 bits per heavy atom. The lowest BCUT2D eigenvalue weighted by molar-refractivity contribution is -0.138. The van der Waals surface area contributed by atoms with Gasteiger partial charge in [0.15, 0.2) is 0 Å². The van der Waals surface area contributed by atoms with E-state index in [4.69, 9.17) is 9.84 Å². The van der Waals surface area contributed by atoms with Gasteiger partial charge in [0.2, 0.25) is 5.91 Å². The fraction of sp³-hybridized carbons (Fsp3) is 0.400. The molecule has 0 radical (unpaired) electrons. The van der Waals surface area contributed by atoms with Crippen LogP contribution in [0.2, 0.25) is 0 Å². The fourth-order valence-corrected chi connectivity index (χ4v) is 4.08. The van der Waals surface area contributed by atoms with Crippen molar-refractivity contribution >= 4 is 18.0 Å². The molecule has 1 aliphatic rings. The number of hydrogen-bond donors (Lipinski definition) is 3. The number of aliphatic carboxylic acids is 1. The number of rotatable bonds is 9. The summed E-state index contributed by atoms with van der Waals surface area (Å²) in [6.07, 6.45) is -0.692. The zero-order chi connectivity index (χ0) is 23.3. The van der Waals surface area contributed by atoms with Crippen LogP contribution in [0.25, 0.3) is 11.1 Å². The van der Waals surface area contributed by atoms with E-state index in [1.807, 2.05) is 38.1 Å². The molecule has 2 amide bonds. The predicted molar refractivity (Wildman–Crippen MR) is 121 cm³/mol. The van der Waals surface area contributed by atoms with Crippen LogP contribution < -0.4 is 10.6 Å². The van der Waals surface area contributed by atoms with Gasteiger partial charge in [-0.05, 0) is 35.1 Å². The molecule has 0 spiro atoms. The standard InChI is InChI=1S/C25H30N2O5/c1-15(2)22(13-24(29)30)27-23(28)12-16(3)26-25(31)32-14-21-19-10-6-4-8-17(19)18-9-5-7-11-20(18)21/h4-11,15-16,21-22H,12-14H2,1-3H3,(H,26,31)(H,27,28)(H,29,30). The van der Waals surface area contributed by atoms with Crippen molar-refractivity contribution in [3.05, 3.63) is 59.7 Å². The van der Waals surface area contributed by atoms with Crippen molar-refractivity contribution in [3.63, 3.8) is 0 Å². The van der Waals surface area contributed by atoms with Gasteiger partial charge in [-0.15, -0.1) is 0 Å². The number of nitrogens with one attached hydrogen (secondary N) is 2. The number of hydrogen-bond acceptors (Lipinski definition) is 4. The van der Waals surface area contributed by atoms with Crippen LogP contribution in [0.15, 0.2) is 48.5 Å². The molecule has 2 aromatic rings. The van der Waals surface area contributed by atoms with Crippen molar-refractivity contribution < 1.29 is 24.2 Å². The predicted octanol–water partition coefficient (Wildman–Crippen LogP) is 3.92. The molecular formula is C25H30N2O5. The Labute approximate surface area is 188 Å². The summed E-state index contributed by atoms with van der Waals surface area (Å²) in [5, 5.41) is 14.4. The second kappa shape index (κ2) is 10.3. The van der Waals surface area contributed by atoms with E-state index in [1.54, 1.807) is 6.92 Å². The van der Waals surface area contributed by atoms with Crippen LogP contribution in [0.1, 0.15) is 50.7 Å². The number of carboxylic acid groups (broad SMARTS) is 1. The molecule has 0 bridgehead atoms. The Kier molecular flexibility index (Phi) is 7.51. The molecule has 0 saturated carbocycles. The van der Waals surface area contributed by atoms with Gasteiger partial charge in [-0.25, -0.2) is 4.79 Å². The first-order valence-corrected chi connectivity index (χ1v) is 10.9. The van der Waals surface area contributed by atoms with Gasteiger partial charge in [-0.3, -0.25) is 9.59 Å². The Morgan fingerprint density at radius 1 is 0.906 bits per heavy atom. The quantitative estimate of drug-likeness (QED) is 0.550. The smallest absolute Gasteiger partial charge is 0.407 e. The molecule has 2 atom stereocenters.